The molecule has 0 amide bonds. The Bertz CT molecular complexity index is 820. The van der Waals surface area contributed by atoms with E-state index in [4.69, 9.17) is 28.2 Å². The second kappa shape index (κ2) is 4.47. The SMILES string of the molecule is Cc1cnc(Cn2c(=S)[nH]c3cc(F)c(Cl)cc32)o1. The molecule has 0 atom stereocenters. The van der Waals surface area contributed by atoms with Crippen LogP contribution < -0.4 is 0 Å². The van der Waals surface area contributed by atoms with Crippen LogP contribution in [0.25, 0.3) is 11.0 Å². The molecule has 4 nitrogen and oxygen atoms in total. The summed E-state index contributed by atoms with van der Waals surface area (Å²) in [5.41, 5.74) is 1.31. The van der Waals surface area contributed by atoms with Crippen LogP contribution in [-0.4, -0.2) is 14.5 Å². The lowest BCUT2D eigenvalue weighted by Crippen LogP contribution is -1.99. The number of halogens is 2. The molecule has 1 aromatic carbocycles. The van der Waals surface area contributed by atoms with E-state index in [1.54, 1.807) is 10.8 Å². The number of H-pyrrole nitrogens is 1. The van der Waals surface area contributed by atoms with Gasteiger partial charge in [0, 0.05) is 6.07 Å². The molecule has 7 heteroatoms. The smallest absolute Gasteiger partial charge is 0.214 e. The predicted molar refractivity (Wildman–Crippen MR) is 72.4 cm³/mol. The second-order valence-corrected chi connectivity index (χ2v) is 4.96. The van der Waals surface area contributed by atoms with Gasteiger partial charge in [-0.2, -0.15) is 0 Å². The molecular formula is C12H9ClFN3OS. The van der Waals surface area contributed by atoms with Crippen LogP contribution in [0.4, 0.5) is 4.39 Å². The molecule has 0 bridgehead atoms. The first-order valence-electron chi connectivity index (χ1n) is 5.53. The molecule has 0 fully saturated rings. The lowest BCUT2D eigenvalue weighted by Gasteiger charge is -2.02. The third-order valence-corrected chi connectivity index (χ3v) is 3.39. The van der Waals surface area contributed by atoms with Gasteiger partial charge in [0.15, 0.2) is 4.77 Å². The van der Waals surface area contributed by atoms with E-state index in [9.17, 15) is 4.39 Å². The number of hydrogen-bond donors (Lipinski definition) is 1. The van der Waals surface area contributed by atoms with E-state index in [0.29, 0.717) is 28.2 Å². The van der Waals surface area contributed by atoms with Gasteiger partial charge in [0.2, 0.25) is 5.89 Å². The first kappa shape index (κ1) is 12.4. The number of fused-ring (bicyclic) bond motifs is 1. The topological polar surface area (TPSA) is 46.8 Å². The monoisotopic (exact) mass is 297 g/mol. The first-order chi connectivity index (χ1) is 9.04. The van der Waals surface area contributed by atoms with Crippen molar-refractivity contribution in [1.29, 1.82) is 0 Å². The molecule has 3 rings (SSSR count). The van der Waals surface area contributed by atoms with Crippen molar-refractivity contribution < 1.29 is 8.81 Å². The maximum Gasteiger partial charge on any atom is 0.214 e. The average molecular weight is 298 g/mol. The van der Waals surface area contributed by atoms with Crippen LogP contribution in [0.15, 0.2) is 22.7 Å². The van der Waals surface area contributed by atoms with Crippen molar-refractivity contribution in [2.24, 2.45) is 0 Å². The molecule has 2 heterocycles. The summed E-state index contributed by atoms with van der Waals surface area (Å²) in [6.07, 6.45) is 1.64. The summed E-state index contributed by atoms with van der Waals surface area (Å²) in [6, 6.07) is 2.86. The van der Waals surface area contributed by atoms with Crippen LogP contribution in [0.1, 0.15) is 11.7 Å². The van der Waals surface area contributed by atoms with Gasteiger partial charge in [0.1, 0.15) is 18.1 Å². The maximum atomic E-state index is 13.4. The molecular weight excluding hydrogens is 289 g/mol. The minimum Gasteiger partial charge on any atom is -0.444 e. The minimum atomic E-state index is -0.482. The van der Waals surface area contributed by atoms with Crippen molar-refractivity contribution in [3.8, 4) is 0 Å². The Labute approximate surface area is 117 Å². The molecule has 0 aliphatic heterocycles. The largest absolute Gasteiger partial charge is 0.444 e. The Morgan fingerprint density at radius 3 is 3.00 bits per heavy atom. The van der Waals surface area contributed by atoms with Crippen LogP contribution in [0.5, 0.6) is 0 Å². The van der Waals surface area contributed by atoms with E-state index in [2.05, 4.69) is 9.97 Å². The molecule has 0 spiro atoms. The van der Waals surface area contributed by atoms with Gasteiger partial charge in [0.05, 0.1) is 22.3 Å². The maximum absolute atomic E-state index is 13.4. The van der Waals surface area contributed by atoms with Crippen molar-refractivity contribution in [3.05, 3.63) is 45.6 Å². The third kappa shape index (κ3) is 2.17. The zero-order valence-electron chi connectivity index (χ0n) is 9.91. The second-order valence-electron chi connectivity index (χ2n) is 4.16. The highest BCUT2D eigenvalue weighted by Crippen LogP contribution is 2.23. The van der Waals surface area contributed by atoms with Crippen LogP contribution in [0.3, 0.4) is 0 Å². The molecule has 19 heavy (non-hydrogen) atoms. The van der Waals surface area contributed by atoms with Crippen LogP contribution >= 0.6 is 23.8 Å². The van der Waals surface area contributed by atoms with Crippen molar-refractivity contribution in [2.75, 3.05) is 0 Å². The summed E-state index contributed by atoms with van der Waals surface area (Å²) in [5, 5.41) is 0.0545. The van der Waals surface area contributed by atoms with E-state index in [1.165, 1.54) is 12.1 Å². The molecule has 3 aromatic rings. The summed E-state index contributed by atoms with van der Waals surface area (Å²) in [7, 11) is 0. The molecule has 0 saturated heterocycles. The molecule has 0 radical (unpaired) electrons. The molecule has 1 N–H and O–H groups in total. The number of benzene rings is 1. The van der Waals surface area contributed by atoms with Gasteiger partial charge < -0.3 is 14.0 Å². The highest BCUT2D eigenvalue weighted by molar-refractivity contribution is 7.71. The summed E-state index contributed by atoms with van der Waals surface area (Å²) in [5.74, 6) is 0.782. The first-order valence-corrected chi connectivity index (χ1v) is 6.32. The van der Waals surface area contributed by atoms with E-state index in [1.807, 2.05) is 6.92 Å². The van der Waals surface area contributed by atoms with Gasteiger partial charge in [-0.25, -0.2) is 9.37 Å². The predicted octanol–water partition coefficient (Wildman–Crippen LogP) is 3.84. The van der Waals surface area contributed by atoms with Crippen LogP contribution in [0, 0.1) is 17.5 Å². The van der Waals surface area contributed by atoms with Gasteiger partial charge in [-0.15, -0.1) is 0 Å². The number of rotatable bonds is 2. The van der Waals surface area contributed by atoms with Gasteiger partial charge in [0.25, 0.3) is 0 Å². The Hall–Kier alpha value is -1.66. The minimum absolute atomic E-state index is 0.0545. The number of oxazole rings is 1. The fourth-order valence-corrected chi connectivity index (χ4v) is 2.35. The van der Waals surface area contributed by atoms with Crippen molar-refractivity contribution in [1.82, 2.24) is 14.5 Å². The van der Waals surface area contributed by atoms with E-state index in [-0.39, 0.29) is 5.02 Å². The molecule has 0 unspecified atom stereocenters. The standard InChI is InChI=1S/C12H9ClFN3OS/c1-6-4-15-11(18-6)5-17-10-2-7(13)8(14)3-9(10)16-12(17)19/h2-4H,5H2,1H3,(H,16,19). The fourth-order valence-electron chi connectivity index (χ4n) is 1.92. The third-order valence-electron chi connectivity index (χ3n) is 2.78. The number of nitrogens with one attached hydrogen (secondary N) is 1. The zero-order chi connectivity index (χ0) is 13.6. The Morgan fingerprint density at radius 1 is 1.53 bits per heavy atom. The number of imidazole rings is 1. The lowest BCUT2D eigenvalue weighted by atomic mass is 10.3. The Balaban J connectivity index is 2.15. The molecule has 2 aromatic heterocycles. The number of aromatic amines is 1. The highest BCUT2D eigenvalue weighted by Gasteiger charge is 2.11. The normalized spacial score (nSPS) is 11.3. The summed E-state index contributed by atoms with van der Waals surface area (Å²) >= 11 is 11.0. The quantitative estimate of drug-likeness (QED) is 0.731. The van der Waals surface area contributed by atoms with Crippen molar-refractivity contribution >= 4 is 34.9 Å². The van der Waals surface area contributed by atoms with Crippen molar-refractivity contribution in [3.63, 3.8) is 0 Å². The average Bonchev–Trinajstić information content (AvgIpc) is 2.87. The van der Waals surface area contributed by atoms with Crippen LogP contribution in [-0.2, 0) is 6.54 Å². The van der Waals surface area contributed by atoms with Gasteiger partial charge in [-0.1, -0.05) is 11.6 Å². The van der Waals surface area contributed by atoms with E-state index < -0.39 is 5.82 Å². The molecule has 98 valence electrons. The highest BCUT2D eigenvalue weighted by atomic mass is 35.5. The van der Waals surface area contributed by atoms with E-state index >= 15 is 0 Å². The molecule has 0 aliphatic carbocycles. The fraction of sp³-hybridized carbons (Fsp3) is 0.167. The summed E-state index contributed by atoms with van der Waals surface area (Å²) < 4.78 is 21.0. The number of aryl methyl sites for hydroxylation is 1. The Morgan fingerprint density at radius 2 is 2.32 bits per heavy atom. The summed E-state index contributed by atoms with van der Waals surface area (Å²) in [4.78, 5) is 7.06. The summed E-state index contributed by atoms with van der Waals surface area (Å²) in [6.45, 7) is 2.19. The molecule has 0 saturated carbocycles. The zero-order valence-corrected chi connectivity index (χ0v) is 11.5. The van der Waals surface area contributed by atoms with Gasteiger partial charge >= 0.3 is 0 Å². The number of aromatic nitrogens is 3. The van der Waals surface area contributed by atoms with Gasteiger partial charge in [-0.3, -0.25) is 0 Å². The molecule has 0 aliphatic rings. The number of hydrogen-bond acceptors (Lipinski definition) is 3. The van der Waals surface area contributed by atoms with Crippen molar-refractivity contribution in [2.45, 2.75) is 13.5 Å². The van der Waals surface area contributed by atoms with Crippen LogP contribution in [0.2, 0.25) is 5.02 Å². The lowest BCUT2D eigenvalue weighted by molar-refractivity contribution is 0.459. The van der Waals surface area contributed by atoms with Gasteiger partial charge in [-0.05, 0) is 25.2 Å². The van der Waals surface area contributed by atoms with E-state index in [0.717, 1.165) is 5.76 Å². The number of nitrogens with zero attached hydrogens (tertiary/aromatic N) is 2. The Kier molecular flexibility index (Phi) is 2.91.